The number of halogens is 3. The maximum absolute atomic E-state index is 9.63. The van der Waals surface area contributed by atoms with Crippen LogP contribution in [0.25, 0.3) is 0 Å². The quantitative estimate of drug-likeness (QED) is 0.411. The summed E-state index contributed by atoms with van der Waals surface area (Å²) in [6.45, 7) is 0.904. The zero-order chi connectivity index (χ0) is 20.1. The van der Waals surface area contributed by atoms with Gasteiger partial charge in [0.2, 0.25) is 0 Å². The van der Waals surface area contributed by atoms with Gasteiger partial charge in [-0.1, -0.05) is 53.0 Å². The Balaban J connectivity index is 1.67. The molecule has 0 aliphatic heterocycles. The minimum atomic E-state index is -0.128. The van der Waals surface area contributed by atoms with Crippen molar-refractivity contribution in [1.82, 2.24) is 0 Å². The van der Waals surface area contributed by atoms with Gasteiger partial charge in [0.15, 0.2) is 17.2 Å². The molecule has 4 nitrogen and oxygen atoms in total. The van der Waals surface area contributed by atoms with Crippen LogP contribution >= 0.6 is 34.8 Å². The van der Waals surface area contributed by atoms with Gasteiger partial charge in [-0.3, -0.25) is 0 Å². The smallest absolute Gasteiger partial charge is 0.161 e. The third-order valence-corrected chi connectivity index (χ3v) is 4.84. The number of hydrogen-bond donors (Lipinski definition) is 2. The topological polar surface area (TPSA) is 50.7 Å². The lowest BCUT2D eigenvalue weighted by Gasteiger charge is -2.14. The zero-order valence-corrected chi connectivity index (χ0v) is 17.3. The molecular weight excluding hydrogens is 421 g/mol. The molecule has 146 valence electrons. The maximum atomic E-state index is 9.63. The molecule has 28 heavy (non-hydrogen) atoms. The monoisotopic (exact) mass is 437 g/mol. The predicted molar refractivity (Wildman–Crippen MR) is 114 cm³/mol. The Hall–Kier alpha value is -2.27. The van der Waals surface area contributed by atoms with E-state index in [1.54, 1.807) is 19.2 Å². The van der Waals surface area contributed by atoms with Crippen LogP contribution in [0.5, 0.6) is 17.2 Å². The number of nitrogens with one attached hydrogen (secondary N) is 1. The molecule has 0 heterocycles. The van der Waals surface area contributed by atoms with E-state index in [-0.39, 0.29) is 15.8 Å². The molecule has 0 radical (unpaired) electrons. The summed E-state index contributed by atoms with van der Waals surface area (Å²) < 4.78 is 11.3. The number of benzene rings is 3. The summed E-state index contributed by atoms with van der Waals surface area (Å²) in [5.41, 5.74) is 2.65. The molecule has 0 bridgehead atoms. The number of rotatable bonds is 7. The van der Waals surface area contributed by atoms with E-state index in [4.69, 9.17) is 44.3 Å². The van der Waals surface area contributed by atoms with Crippen molar-refractivity contribution >= 4 is 40.5 Å². The van der Waals surface area contributed by atoms with E-state index >= 15 is 0 Å². The van der Waals surface area contributed by atoms with Crippen LogP contribution in [0.4, 0.5) is 5.69 Å². The summed E-state index contributed by atoms with van der Waals surface area (Å²) >= 11 is 17.9. The summed E-state index contributed by atoms with van der Waals surface area (Å²) in [4.78, 5) is 0. The number of ether oxygens (including phenoxy) is 2. The van der Waals surface area contributed by atoms with Crippen molar-refractivity contribution in [2.45, 2.75) is 13.2 Å². The normalized spacial score (nSPS) is 10.6. The van der Waals surface area contributed by atoms with E-state index in [9.17, 15) is 5.11 Å². The first-order valence-electron chi connectivity index (χ1n) is 8.42. The molecule has 0 atom stereocenters. The first-order chi connectivity index (χ1) is 13.5. The fourth-order valence-corrected chi connectivity index (χ4v) is 3.30. The lowest BCUT2D eigenvalue weighted by molar-refractivity contribution is 0.284. The van der Waals surface area contributed by atoms with Crippen molar-refractivity contribution in [3.05, 3.63) is 80.8 Å². The van der Waals surface area contributed by atoms with Gasteiger partial charge in [0, 0.05) is 17.3 Å². The highest BCUT2D eigenvalue weighted by Crippen LogP contribution is 2.35. The van der Waals surface area contributed by atoms with Gasteiger partial charge in [-0.2, -0.15) is 0 Å². The largest absolute Gasteiger partial charge is 0.505 e. The highest BCUT2D eigenvalue weighted by atomic mass is 35.5. The molecule has 0 unspecified atom stereocenters. The zero-order valence-electron chi connectivity index (χ0n) is 15.0. The molecule has 0 spiro atoms. The van der Waals surface area contributed by atoms with Gasteiger partial charge >= 0.3 is 0 Å². The lowest BCUT2D eigenvalue weighted by atomic mass is 10.2. The summed E-state index contributed by atoms with van der Waals surface area (Å²) in [6.07, 6.45) is 0. The van der Waals surface area contributed by atoms with E-state index in [1.807, 2.05) is 42.5 Å². The van der Waals surface area contributed by atoms with Crippen LogP contribution in [-0.4, -0.2) is 12.2 Å². The van der Waals surface area contributed by atoms with Crippen molar-refractivity contribution < 1.29 is 14.6 Å². The third-order valence-electron chi connectivity index (χ3n) is 4.02. The van der Waals surface area contributed by atoms with Crippen molar-refractivity contribution in [3.63, 3.8) is 0 Å². The van der Waals surface area contributed by atoms with E-state index in [0.717, 1.165) is 11.1 Å². The number of methoxy groups -OCH3 is 1. The van der Waals surface area contributed by atoms with E-state index in [0.29, 0.717) is 35.4 Å². The van der Waals surface area contributed by atoms with Gasteiger partial charge < -0.3 is 19.9 Å². The molecule has 0 amide bonds. The Morgan fingerprint density at radius 3 is 2.32 bits per heavy atom. The van der Waals surface area contributed by atoms with Crippen LogP contribution in [-0.2, 0) is 13.2 Å². The van der Waals surface area contributed by atoms with Crippen LogP contribution in [0.3, 0.4) is 0 Å². The van der Waals surface area contributed by atoms with Gasteiger partial charge in [-0.15, -0.1) is 0 Å². The first kappa shape index (κ1) is 20.5. The maximum Gasteiger partial charge on any atom is 0.161 e. The van der Waals surface area contributed by atoms with Gasteiger partial charge in [0.05, 0.1) is 17.2 Å². The highest BCUT2D eigenvalue weighted by molar-refractivity contribution is 6.37. The summed E-state index contributed by atoms with van der Waals surface area (Å²) in [7, 11) is 1.60. The minimum Gasteiger partial charge on any atom is -0.505 e. The van der Waals surface area contributed by atoms with Crippen LogP contribution in [0.1, 0.15) is 11.1 Å². The van der Waals surface area contributed by atoms with Gasteiger partial charge in [-0.05, 0) is 47.5 Å². The summed E-state index contributed by atoms with van der Waals surface area (Å²) in [5.74, 6) is 1.14. The van der Waals surface area contributed by atoms with E-state index in [1.165, 1.54) is 0 Å². The Bertz CT molecular complexity index is 956. The van der Waals surface area contributed by atoms with Crippen LogP contribution in [0.2, 0.25) is 15.1 Å². The fraction of sp³-hybridized carbons (Fsp3) is 0.143. The molecule has 0 aliphatic carbocycles. The first-order valence-corrected chi connectivity index (χ1v) is 9.55. The SMILES string of the molecule is COc1cc(CNc2cc(Cl)c(O)c(Cl)c2)ccc1OCc1cccc(Cl)c1. The molecule has 7 heteroatoms. The Labute approximate surface area is 178 Å². The number of aromatic hydroxyl groups is 1. The number of phenols is 1. The molecule has 0 aliphatic rings. The second-order valence-electron chi connectivity index (χ2n) is 6.05. The molecule has 3 rings (SSSR count). The van der Waals surface area contributed by atoms with Gasteiger partial charge in [0.1, 0.15) is 6.61 Å². The van der Waals surface area contributed by atoms with Crippen LogP contribution < -0.4 is 14.8 Å². The second-order valence-corrected chi connectivity index (χ2v) is 7.30. The Kier molecular flexibility index (Phi) is 6.79. The standard InChI is InChI=1S/C21H18Cl3NO3/c1-27-20-8-13(11-25-16-9-17(23)21(26)18(24)10-16)5-6-19(20)28-12-14-3-2-4-15(22)7-14/h2-10,25-26H,11-12H2,1H3. The molecule has 0 fully saturated rings. The Morgan fingerprint density at radius 2 is 1.64 bits per heavy atom. The van der Waals surface area contributed by atoms with Crippen molar-refractivity contribution in [3.8, 4) is 17.2 Å². The molecule has 0 saturated carbocycles. The number of phenolic OH excluding ortho intramolecular Hbond substituents is 1. The molecule has 0 saturated heterocycles. The minimum absolute atomic E-state index is 0.128. The number of hydrogen-bond acceptors (Lipinski definition) is 4. The fourth-order valence-electron chi connectivity index (χ4n) is 2.60. The Morgan fingerprint density at radius 1 is 0.893 bits per heavy atom. The highest BCUT2D eigenvalue weighted by Gasteiger charge is 2.09. The molecular formula is C21H18Cl3NO3. The molecule has 2 N–H and O–H groups in total. The predicted octanol–water partition coefficient (Wildman–Crippen LogP) is 6.55. The number of anilines is 1. The second kappa shape index (κ2) is 9.28. The summed E-state index contributed by atoms with van der Waals surface area (Å²) in [6, 6.07) is 16.4. The average molecular weight is 439 g/mol. The van der Waals surface area contributed by atoms with E-state index in [2.05, 4.69) is 5.32 Å². The average Bonchev–Trinajstić information content (AvgIpc) is 2.69. The third kappa shape index (κ3) is 5.16. The van der Waals surface area contributed by atoms with Crippen molar-refractivity contribution in [1.29, 1.82) is 0 Å². The van der Waals surface area contributed by atoms with Gasteiger partial charge in [-0.25, -0.2) is 0 Å². The van der Waals surface area contributed by atoms with Gasteiger partial charge in [0.25, 0.3) is 0 Å². The summed E-state index contributed by atoms with van der Waals surface area (Å²) in [5, 5.41) is 13.9. The molecule has 3 aromatic carbocycles. The van der Waals surface area contributed by atoms with Crippen LogP contribution in [0, 0.1) is 0 Å². The van der Waals surface area contributed by atoms with Crippen molar-refractivity contribution in [2.75, 3.05) is 12.4 Å². The lowest BCUT2D eigenvalue weighted by Crippen LogP contribution is -2.02. The van der Waals surface area contributed by atoms with E-state index < -0.39 is 0 Å². The van der Waals surface area contributed by atoms with Crippen LogP contribution in [0.15, 0.2) is 54.6 Å². The molecule has 0 aromatic heterocycles. The van der Waals surface area contributed by atoms with Crippen molar-refractivity contribution in [2.24, 2.45) is 0 Å². The molecule has 3 aromatic rings.